The molecule has 3 heteroatoms. The van der Waals surface area contributed by atoms with Gasteiger partial charge in [0.05, 0.1) is 0 Å². The summed E-state index contributed by atoms with van der Waals surface area (Å²) in [6.07, 6.45) is 0.891. The van der Waals surface area contributed by atoms with Gasteiger partial charge in [-0.2, -0.15) is 0 Å². The highest BCUT2D eigenvalue weighted by Crippen LogP contribution is 2.17. The quantitative estimate of drug-likeness (QED) is 0.729. The van der Waals surface area contributed by atoms with E-state index >= 15 is 0 Å². The molecule has 0 aromatic heterocycles. The van der Waals surface area contributed by atoms with E-state index in [1.165, 1.54) is 0 Å². The van der Waals surface area contributed by atoms with E-state index in [1.807, 2.05) is 6.92 Å². The molecule has 0 saturated heterocycles. The molecule has 66 valence electrons. The average molecular weight is 184 g/mol. The van der Waals surface area contributed by atoms with Gasteiger partial charge in [0.25, 0.3) is 0 Å². The summed E-state index contributed by atoms with van der Waals surface area (Å²) in [6, 6.07) is 6.60. The number of phenolic OH excluding ortho intramolecular Hbond substituents is 1. The van der Waals surface area contributed by atoms with E-state index in [4.69, 9.17) is 5.11 Å². The van der Waals surface area contributed by atoms with Gasteiger partial charge in [-0.25, -0.2) is 0 Å². The highest BCUT2D eigenvalue weighted by molar-refractivity contribution is 7.91. The second-order valence-corrected chi connectivity index (χ2v) is 4.12. The fraction of sp³-hybridized carbons (Fsp3) is 0.333. The molecule has 1 unspecified atom stereocenters. The Hall–Kier alpha value is -0.670. The van der Waals surface area contributed by atoms with Crippen LogP contribution in [0.15, 0.2) is 29.2 Å². The van der Waals surface area contributed by atoms with Gasteiger partial charge >= 0.3 is 0 Å². The lowest BCUT2D eigenvalue weighted by Gasteiger charge is -2.08. The zero-order valence-corrected chi connectivity index (χ0v) is 7.80. The molecule has 12 heavy (non-hydrogen) atoms. The zero-order valence-electron chi connectivity index (χ0n) is 6.99. The van der Waals surface area contributed by atoms with Crippen molar-refractivity contribution < 1.29 is 9.66 Å². The largest absolute Gasteiger partial charge is 0.611 e. The fourth-order valence-electron chi connectivity index (χ4n) is 0.928. The molecular weight excluding hydrogens is 172 g/mol. The summed E-state index contributed by atoms with van der Waals surface area (Å²) in [6.45, 7) is 1.99. The standard InChI is InChI=1S/C9H12O2S/c1-2-6-12(11)9-5-3-4-8(10)7-9/h3-5,7,10H,2,6H2,1H3. The summed E-state index contributed by atoms with van der Waals surface area (Å²) in [5.74, 6) is 0.834. The summed E-state index contributed by atoms with van der Waals surface area (Å²) in [5, 5.41) is 9.10. The third-order valence-corrected chi connectivity index (χ3v) is 3.03. The zero-order chi connectivity index (χ0) is 8.97. The van der Waals surface area contributed by atoms with Crippen LogP contribution in [0.2, 0.25) is 0 Å². The molecule has 0 radical (unpaired) electrons. The normalized spacial score (nSPS) is 12.8. The van der Waals surface area contributed by atoms with Crippen molar-refractivity contribution in [2.75, 3.05) is 5.75 Å². The first-order valence-electron chi connectivity index (χ1n) is 3.91. The van der Waals surface area contributed by atoms with Crippen LogP contribution in [0.3, 0.4) is 0 Å². The molecule has 0 fully saturated rings. The SMILES string of the molecule is CCC[S+]([O-])c1cccc(O)c1. The van der Waals surface area contributed by atoms with Crippen LogP contribution in [0.25, 0.3) is 0 Å². The van der Waals surface area contributed by atoms with Crippen molar-refractivity contribution in [1.82, 2.24) is 0 Å². The maximum absolute atomic E-state index is 11.4. The van der Waals surface area contributed by atoms with E-state index in [-0.39, 0.29) is 5.75 Å². The fourth-order valence-corrected chi connectivity index (χ4v) is 2.02. The maximum Gasteiger partial charge on any atom is 0.156 e. The number of benzene rings is 1. The summed E-state index contributed by atoms with van der Waals surface area (Å²) < 4.78 is 11.4. The molecule has 2 nitrogen and oxygen atoms in total. The molecule has 1 N–H and O–H groups in total. The van der Waals surface area contributed by atoms with Crippen molar-refractivity contribution in [3.63, 3.8) is 0 Å². The van der Waals surface area contributed by atoms with Gasteiger partial charge < -0.3 is 9.66 Å². The number of aromatic hydroxyl groups is 1. The first-order valence-corrected chi connectivity index (χ1v) is 5.23. The second kappa shape index (κ2) is 4.38. The van der Waals surface area contributed by atoms with Crippen molar-refractivity contribution in [3.8, 4) is 5.75 Å². The van der Waals surface area contributed by atoms with Crippen LogP contribution in [0.4, 0.5) is 0 Å². The first kappa shape index (κ1) is 9.42. The summed E-state index contributed by atoms with van der Waals surface area (Å²) in [5.41, 5.74) is 0. The van der Waals surface area contributed by atoms with Gasteiger partial charge in [0.15, 0.2) is 4.90 Å². The Kier molecular flexibility index (Phi) is 3.44. The van der Waals surface area contributed by atoms with Crippen molar-refractivity contribution in [1.29, 1.82) is 0 Å². The molecule has 1 aromatic carbocycles. The van der Waals surface area contributed by atoms with Crippen molar-refractivity contribution >= 4 is 11.2 Å². The van der Waals surface area contributed by atoms with E-state index in [1.54, 1.807) is 24.3 Å². The van der Waals surface area contributed by atoms with Crippen LogP contribution in [0.5, 0.6) is 5.75 Å². The highest BCUT2D eigenvalue weighted by atomic mass is 32.2. The van der Waals surface area contributed by atoms with E-state index in [0.717, 1.165) is 6.42 Å². The molecule has 0 heterocycles. The minimum atomic E-state index is -0.954. The van der Waals surface area contributed by atoms with Crippen LogP contribution < -0.4 is 0 Å². The van der Waals surface area contributed by atoms with E-state index in [2.05, 4.69) is 0 Å². The molecule has 0 aliphatic carbocycles. The molecule has 0 aliphatic rings. The minimum absolute atomic E-state index is 0.178. The first-order chi connectivity index (χ1) is 5.74. The summed E-state index contributed by atoms with van der Waals surface area (Å²) >= 11 is -0.954. The second-order valence-electron chi connectivity index (χ2n) is 2.55. The van der Waals surface area contributed by atoms with Crippen molar-refractivity contribution in [2.45, 2.75) is 18.2 Å². The maximum atomic E-state index is 11.4. The Morgan fingerprint density at radius 3 is 2.83 bits per heavy atom. The molecule has 1 atom stereocenters. The summed E-state index contributed by atoms with van der Waals surface area (Å²) in [4.78, 5) is 0.705. The monoisotopic (exact) mass is 184 g/mol. The average Bonchev–Trinajstić information content (AvgIpc) is 2.05. The number of rotatable bonds is 3. The Balaban J connectivity index is 2.73. The molecule has 1 rings (SSSR count). The third-order valence-electron chi connectivity index (χ3n) is 1.47. The van der Waals surface area contributed by atoms with Gasteiger partial charge in [-0.1, -0.05) is 13.0 Å². The van der Waals surface area contributed by atoms with Crippen LogP contribution in [0.1, 0.15) is 13.3 Å². The van der Waals surface area contributed by atoms with E-state index in [9.17, 15) is 4.55 Å². The lowest BCUT2D eigenvalue weighted by molar-refractivity contribution is 0.473. The van der Waals surface area contributed by atoms with Gasteiger partial charge in [-0.3, -0.25) is 0 Å². The van der Waals surface area contributed by atoms with Gasteiger partial charge in [0.1, 0.15) is 11.5 Å². The van der Waals surface area contributed by atoms with Gasteiger partial charge in [0.2, 0.25) is 0 Å². The van der Waals surface area contributed by atoms with Crippen LogP contribution >= 0.6 is 0 Å². The lowest BCUT2D eigenvalue weighted by atomic mass is 10.3. The molecule has 0 bridgehead atoms. The molecule has 0 saturated carbocycles. The molecule has 0 amide bonds. The predicted molar refractivity (Wildman–Crippen MR) is 49.7 cm³/mol. The third kappa shape index (κ3) is 2.43. The number of hydrogen-bond donors (Lipinski definition) is 1. The predicted octanol–water partition coefficient (Wildman–Crippen LogP) is 1.91. The van der Waals surface area contributed by atoms with E-state index in [0.29, 0.717) is 10.6 Å². The Labute approximate surface area is 75.4 Å². The number of hydrogen-bond acceptors (Lipinski definition) is 2. The highest BCUT2D eigenvalue weighted by Gasteiger charge is 2.08. The summed E-state index contributed by atoms with van der Waals surface area (Å²) in [7, 11) is 0. The molecule has 1 aromatic rings. The minimum Gasteiger partial charge on any atom is -0.611 e. The van der Waals surface area contributed by atoms with Crippen LogP contribution in [0, 0.1) is 0 Å². The Morgan fingerprint density at radius 2 is 2.25 bits per heavy atom. The topological polar surface area (TPSA) is 43.3 Å². The van der Waals surface area contributed by atoms with Crippen molar-refractivity contribution in [3.05, 3.63) is 24.3 Å². The van der Waals surface area contributed by atoms with Crippen LogP contribution in [-0.2, 0) is 11.2 Å². The van der Waals surface area contributed by atoms with Gasteiger partial charge in [0, 0.05) is 6.07 Å². The lowest BCUT2D eigenvalue weighted by Crippen LogP contribution is -2.05. The molecular formula is C9H12O2S. The molecule has 0 aliphatic heterocycles. The Morgan fingerprint density at radius 1 is 1.50 bits per heavy atom. The van der Waals surface area contributed by atoms with E-state index < -0.39 is 11.2 Å². The van der Waals surface area contributed by atoms with Crippen LogP contribution in [-0.4, -0.2) is 15.4 Å². The van der Waals surface area contributed by atoms with Crippen molar-refractivity contribution in [2.24, 2.45) is 0 Å². The van der Waals surface area contributed by atoms with Gasteiger partial charge in [-0.05, 0) is 29.7 Å². The molecule has 0 spiro atoms. The Bertz CT molecular complexity index is 250. The van der Waals surface area contributed by atoms with Gasteiger partial charge in [-0.15, -0.1) is 0 Å². The smallest absolute Gasteiger partial charge is 0.156 e. The number of phenols is 1.